The number of carbonyl (C=O) groups excluding carboxylic acids is 1. The highest BCUT2D eigenvalue weighted by atomic mass is 16.1. The lowest BCUT2D eigenvalue weighted by Crippen LogP contribution is -2.16. The van der Waals surface area contributed by atoms with Crippen LogP contribution in [0.15, 0.2) is 24.4 Å². The SMILES string of the molecule is O=C(Nc1ccc2c(c1)CCC2)c1cn2c(n1)NCCC2. The summed E-state index contributed by atoms with van der Waals surface area (Å²) in [6.45, 7) is 1.84. The standard InChI is InChI=1S/C16H18N4O/c21-15(14-10-20-8-2-7-17-16(20)19-14)18-13-6-5-11-3-1-4-12(11)9-13/h5-6,9-10H,1-4,7-8H2,(H,17,19)(H,18,21). The van der Waals surface area contributed by atoms with Crippen molar-refractivity contribution < 1.29 is 4.79 Å². The molecule has 2 aromatic rings. The minimum absolute atomic E-state index is 0.142. The van der Waals surface area contributed by atoms with Gasteiger partial charge in [-0.1, -0.05) is 6.07 Å². The van der Waals surface area contributed by atoms with E-state index in [2.05, 4.69) is 27.8 Å². The number of hydrogen-bond donors (Lipinski definition) is 2. The third-order valence-corrected chi connectivity index (χ3v) is 4.22. The topological polar surface area (TPSA) is 59.0 Å². The Morgan fingerprint density at radius 2 is 2.14 bits per heavy atom. The second-order valence-corrected chi connectivity index (χ2v) is 5.71. The van der Waals surface area contributed by atoms with E-state index in [1.807, 2.05) is 16.8 Å². The number of aromatic nitrogens is 2. The molecule has 0 bridgehead atoms. The quantitative estimate of drug-likeness (QED) is 0.889. The maximum atomic E-state index is 12.3. The van der Waals surface area contributed by atoms with Crippen LogP contribution in [-0.4, -0.2) is 22.0 Å². The minimum Gasteiger partial charge on any atom is -0.356 e. The van der Waals surface area contributed by atoms with Crippen molar-refractivity contribution in [1.82, 2.24) is 9.55 Å². The van der Waals surface area contributed by atoms with E-state index >= 15 is 0 Å². The lowest BCUT2D eigenvalue weighted by molar-refractivity contribution is 0.102. The van der Waals surface area contributed by atoms with Gasteiger partial charge in [-0.3, -0.25) is 4.79 Å². The Balaban J connectivity index is 1.54. The van der Waals surface area contributed by atoms with E-state index in [4.69, 9.17) is 0 Å². The summed E-state index contributed by atoms with van der Waals surface area (Å²) in [7, 11) is 0. The van der Waals surface area contributed by atoms with E-state index in [1.54, 1.807) is 0 Å². The molecule has 0 spiro atoms. The third kappa shape index (κ3) is 2.28. The van der Waals surface area contributed by atoms with Gasteiger partial charge < -0.3 is 15.2 Å². The molecule has 1 aromatic carbocycles. The number of benzene rings is 1. The van der Waals surface area contributed by atoms with E-state index < -0.39 is 0 Å². The molecule has 1 amide bonds. The molecule has 1 aliphatic carbocycles. The average molecular weight is 282 g/mol. The lowest BCUT2D eigenvalue weighted by atomic mass is 10.1. The molecule has 0 fully saturated rings. The van der Waals surface area contributed by atoms with Crippen LogP contribution in [0.3, 0.4) is 0 Å². The predicted molar refractivity (Wildman–Crippen MR) is 81.8 cm³/mol. The Kier molecular flexibility index (Phi) is 2.91. The van der Waals surface area contributed by atoms with Gasteiger partial charge in [0.25, 0.3) is 5.91 Å². The molecule has 2 N–H and O–H groups in total. The zero-order chi connectivity index (χ0) is 14.2. The zero-order valence-corrected chi connectivity index (χ0v) is 11.9. The van der Waals surface area contributed by atoms with Crippen molar-refractivity contribution >= 4 is 17.5 Å². The van der Waals surface area contributed by atoms with E-state index in [0.29, 0.717) is 5.69 Å². The van der Waals surface area contributed by atoms with Gasteiger partial charge in [-0.25, -0.2) is 4.98 Å². The van der Waals surface area contributed by atoms with Crippen LogP contribution in [0, 0.1) is 0 Å². The number of hydrogen-bond acceptors (Lipinski definition) is 3. The van der Waals surface area contributed by atoms with Crippen molar-refractivity contribution in [2.24, 2.45) is 0 Å². The Morgan fingerprint density at radius 3 is 3.05 bits per heavy atom. The van der Waals surface area contributed by atoms with Gasteiger partial charge in [-0.15, -0.1) is 0 Å². The third-order valence-electron chi connectivity index (χ3n) is 4.22. The number of amides is 1. The molecule has 21 heavy (non-hydrogen) atoms. The molecule has 1 aromatic heterocycles. The van der Waals surface area contributed by atoms with Gasteiger partial charge in [0, 0.05) is 25.0 Å². The summed E-state index contributed by atoms with van der Waals surface area (Å²) in [5.74, 6) is 0.650. The fraction of sp³-hybridized carbons (Fsp3) is 0.375. The highest BCUT2D eigenvalue weighted by Gasteiger charge is 2.17. The van der Waals surface area contributed by atoms with Crippen LogP contribution in [0.5, 0.6) is 0 Å². The molecule has 0 saturated carbocycles. The van der Waals surface area contributed by atoms with E-state index in [1.165, 1.54) is 17.5 Å². The number of carbonyl (C=O) groups is 1. The van der Waals surface area contributed by atoms with Crippen molar-refractivity contribution in [3.8, 4) is 0 Å². The van der Waals surface area contributed by atoms with Crippen LogP contribution >= 0.6 is 0 Å². The van der Waals surface area contributed by atoms with Gasteiger partial charge in [0.2, 0.25) is 5.95 Å². The molecule has 1 aliphatic heterocycles. The maximum Gasteiger partial charge on any atom is 0.275 e. The first-order valence-corrected chi connectivity index (χ1v) is 7.54. The van der Waals surface area contributed by atoms with E-state index in [-0.39, 0.29) is 5.91 Å². The summed E-state index contributed by atoms with van der Waals surface area (Å²) in [6, 6.07) is 6.20. The van der Waals surface area contributed by atoms with Crippen LogP contribution in [0.1, 0.15) is 34.5 Å². The fourth-order valence-electron chi connectivity index (χ4n) is 3.13. The van der Waals surface area contributed by atoms with Gasteiger partial charge >= 0.3 is 0 Å². The van der Waals surface area contributed by atoms with Gasteiger partial charge in [0.15, 0.2) is 0 Å². The van der Waals surface area contributed by atoms with Gasteiger partial charge in [-0.05, 0) is 48.9 Å². The van der Waals surface area contributed by atoms with Crippen LogP contribution in [0.25, 0.3) is 0 Å². The molecule has 4 rings (SSSR count). The summed E-state index contributed by atoms with van der Waals surface area (Å²) in [4.78, 5) is 16.7. The van der Waals surface area contributed by atoms with Crippen LogP contribution in [0.2, 0.25) is 0 Å². The highest BCUT2D eigenvalue weighted by Crippen LogP contribution is 2.25. The molecule has 0 radical (unpaired) electrons. The second kappa shape index (κ2) is 4.91. The predicted octanol–water partition coefficient (Wildman–Crippen LogP) is 2.44. The van der Waals surface area contributed by atoms with Crippen molar-refractivity contribution in [3.63, 3.8) is 0 Å². The molecule has 0 unspecified atom stereocenters. The molecular formula is C16H18N4O. The fourth-order valence-corrected chi connectivity index (χ4v) is 3.13. The first kappa shape index (κ1) is 12.4. The molecular weight excluding hydrogens is 264 g/mol. The smallest absolute Gasteiger partial charge is 0.275 e. The molecule has 5 heteroatoms. The molecule has 108 valence electrons. The number of fused-ring (bicyclic) bond motifs is 2. The molecule has 0 atom stereocenters. The van der Waals surface area contributed by atoms with Crippen molar-refractivity contribution in [3.05, 3.63) is 41.2 Å². The number of imidazole rings is 1. The van der Waals surface area contributed by atoms with Crippen molar-refractivity contribution in [1.29, 1.82) is 0 Å². The number of nitrogens with zero attached hydrogens (tertiary/aromatic N) is 2. The zero-order valence-electron chi connectivity index (χ0n) is 11.9. The molecule has 2 aliphatic rings. The second-order valence-electron chi connectivity index (χ2n) is 5.71. The Bertz CT molecular complexity index is 681. The molecule has 2 heterocycles. The molecule has 0 saturated heterocycles. The first-order chi connectivity index (χ1) is 10.3. The Hall–Kier alpha value is -2.30. The summed E-state index contributed by atoms with van der Waals surface area (Å²) in [6.07, 6.45) is 6.37. The summed E-state index contributed by atoms with van der Waals surface area (Å²) in [5, 5.41) is 6.16. The van der Waals surface area contributed by atoms with Crippen LogP contribution in [-0.2, 0) is 19.4 Å². The monoisotopic (exact) mass is 282 g/mol. The van der Waals surface area contributed by atoms with E-state index in [9.17, 15) is 4.79 Å². The molecule has 5 nitrogen and oxygen atoms in total. The van der Waals surface area contributed by atoms with Gasteiger partial charge in [-0.2, -0.15) is 0 Å². The highest BCUT2D eigenvalue weighted by molar-refractivity contribution is 6.03. The average Bonchev–Trinajstić information content (AvgIpc) is 3.13. The number of rotatable bonds is 2. The van der Waals surface area contributed by atoms with Crippen molar-refractivity contribution in [2.75, 3.05) is 17.2 Å². The largest absolute Gasteiger partial charge is 0.356 e. The number of aryl methyl sites for hydroxylation is 3. The Morgan fingerprint density at radius 1 is 1.24 bits per heavy atom. The first-order valence-electron chi connectivity index (χ1n) is 7.54. The van der Waals surface area contributed by atoms with Crippen LogP contribution < -0.4 is 10.6 Å². The summed E-state index contributed by atoms with van der Waals surface area (Å²) in [5.41, 5.74) is 4.10. The maximum absolute atomic E-state index is 12.3. The number of nitrogens with one attached hydrogen (secondary N) is 2. The Labute approximate surface area is 123 Å². The van der Waals surface area contributed by atoms with E-state index in [0.717, 1.165) is 44.0 Å². The van der Waals surface area contributed by atoms with Crippen molar-refractivity contribution in [2.45, 2.75) is 32.2 Å². The summed E-state index contributed by atoms with van der Waals surface area (Å²) < 4.78 is 2.00. The lowest BCUT2D eigenvalue weighted by Gasteiger charge is -2.14. The van der Waals surface area contributed by atoms with Gasteiger partial charge in [0.1, 0.15) is 5.69 Å². The van der Waals surface area contributed by atoms with Crippen LogP contribution in [0.4, 0.5) is 11.6 Å². The number of anilines is 2. The van der Waals surface area contributed by atoms with Gasteiger partial charge in [0.05, 0.1) is 0 Å². The normalized spacial score (nSPS) is 16.0. The summed E-state index contributed by atoms with van der Waals surface area (Å²) >= 11 is 0. The minimum atomic E-state index is -0.142.